The number of hydrogen-bond acceptors (Lipinski definition) is 4. The molecule has 0 amide bonds. The Labute approximate surface area is 121 Å². The lowest BCUT2D eigenvalue weighted by molar-refractivity contribution is 0.569. The van der Waals surface area contributed by atoms with Gasteiger partial charge in [-0.1, -0.05) is 13.8 Å². The van der Waals surface area contributed by atoms with Gasteiger partial charge in [0.25, 0.3) is 0 Å². The molecule has 0 aromatic carbocycles. The molecule has 4 nitrogen and oxygen atoms in total. The van der Waals surface area contributed by atoms with Crippen molar-refractivity contribution in [2.75, 3.05) is 0 Å². The Kier molecular flexibility index (Phi) is 5.79. The zero-order valence-corrected chi connectivity index (χ0v) is 14.2. The van der Waals surface area contributed by atoms with Gasteiger partial charge < -0.3 is 5.32 Å². The van der Waals surface area contributed by atoms with E-state index in [1.54, 1.807) is 19.9 Å². The topological polar surface area (TPSA) is 58.2 Å². The first-order valence-electron chi connectivity index (χ1n) is 5.76. The van der Waals surface area contributed by atoms with Crippen LogP contribution >= 0.6 is 27.3 Å². The van der Waals surface area contributed by atoms with E-state index < -0.39 is 10.0 Å². The maximum atomic E-state index is 12.1. The molecule has 1 rings (SSSR count). The Morgan fingerprint density at radius 1 is 1.28 bits per heavy atom. The smallest absolute Gasteiger partial charge is 0.242 e. The van der Waals surface area contributed by atoms with E-state index in [4.69, 9.17) is 0 Å². The number of nitrogens with one attached hydrogen (secondary N) is 2. The summed E-state index contributed by atoms with van der Waals surface area (Å²) in [4.78, 5) is 1.32. The molecule has 0 spiro atoms. The molecular weight excluding hydrogens is 336 g/mol. The van der Waals surface area contributed by atoms with Gasteiger partial charge in [0.1, 0.15) is 4.90 Å². The Bertz CT molecular complexity index is 495. The van der Waals surface area contributed by atoms with Gasteiger partial charge in [-0.3, -0.25) is 0 Å². The van der Waals surface area contributed by atoms with Crippen molar-refractivity contribution in [3.63, 3.8) is 0 Å². The lowest BCUT2D eigenvalue weighted by atomic mass is 10.4. The van der Waals surface area contributed by atoms with Crippen LogP contribution in [0.15, 0.2) is 14.7 Å². The van der Waals surface area contributed by atoms with E-state index in [-0.39, 0.29) is 6.04 Å². The van der Waals surface area contributed by atoms with Crippen LogP contribution in [0.4, 0.5) is 0 Å². The zero-order valence-electron chi connectivity index (χ0n) is 11.0. The van der Waals surface area contributed by atoms with Crippen molar-refractivity contribution in [2.24, 2.45) is 0 Å². The molecule has 0 aliphatic heterocycles. The molecule has 0 aliphatic carbocycles. The summed E-state index contributed by atoms with van der Waals surface area (Å²) in [5, 5.41) is 3.27. The largest absolute Gasteiger partial charge is 0.310 e. The first-order chi connectivity index (χ1) is 8.22. The summed E-state index contributed by atoms with van der Waals surface area (Å²) >= 11 is 4.77. The van der Waals surface area contributed by atoms with Crippen LogP contribution in [-0.4, -0.2) is 20.5 Å². The summed E-state index contributed by atoms with van der Waals surface area (Å²) in [6, 6.07) is 1.98. The minimum atomic E-state index is -3.42. The van der Waals surface area contributed by atoms with Crippen molar-refractivity contribution >= 4 is 37.3 Å². The minimum absolute atomic E-state index is 0.112. The van der Waals surface area contributed by atoms with Gasteiger partial charge in [-0.2, -0.15) is 0 Å². The van der Waals surface area contributed by atoms with Crippen molar-refractivity contribution in [1.82, 2.24) is 10.0 Å². The maximum Gasteiger partial charge on any atom is 0.242 e. The molecule has 1 heterocycles. The summed E-state index contributed by atoms with van der Waals surface area (Å²) in [6.45, 7) is 8.40. The van der Waals surface area contributed by atoms with E-state index in [1.165, 1.54) is 11.3 Å². The number of rotatable bonds is 6. The third kappa shape index (κ3) is 4.62. The average Bonchev–Trinajstić information content (AvgIpc) is 2.55. The fraction of sp³-hybridized carbons (Fsp3) is 0.636. The normalized spacial score (nSPS) is 12.6. The van der Waals surface area contributed by atoms with Gasteiger partial charge in [-0.05, 0) is 35.8 Å². The first kappa shape index (κ1) is 16.1. The second-order valence-corrected chi connectivity index (χ2v) is 8.80. The van der Waals surface area contributed by atoms with E-state index in [0.717, 1.165) is 4.88 Å². The van der Waals surface area contributed by atoms with Crippen LogP contribution in [0.5, 0.6) is 0 Å². The molecule has 0 radical (unpaired) electrons. The molecule has 0 unspecified atom stereocenters. The Hall–Kier alpha value is 0.0500. The summed E-state index contributed by atoms with van der Waals surface area (Å²) in [7, 11) is -3.42. The van der Waals surface area contributed by atoms with Crippen molar-refractivity contribution in [3.05, 3.63) is 14.7 Å². The zero-order chi connectivity index (χ0) is 13.9. The average molecular weight is 355 g/mol. The van der Waals surface area contributed by atoms with Crippen molar-refractivity contribution < 1.29 is 8.42 Å². The highest BCUT2D eigenvalue weighted by molar-refractivity contribution is 9.11. The molecule has 18 heavy (non-hydrogen) atoms. The molecule has 1 aromatic rings. The third-order valence-corrected chi connectivity index (χ3v) is 5.98. The van der Waals surface area contributed by atoms with Crippen LogP contribution < -0.4 is 10.0 Å². The predicted octanol–water partition coefficient (Wildman–Crippen LogP) is 2.70. The van der Waals surface area contributed by atoms with E-state index in [2.05, 4.69) is 39.8 Å². The maximum absolute atomic E-state index is 12.1. The van der Waals surface area contributed by atoms with Gasteiger partial charge in [-0.15, -0.1) is 11.3 Å². The van der Waals surface area contributed by atoms with E-state index in [9.17, 15) is 8.42 Å². The van der Waals surface area contributed by atoms with Gasteiger partial charge >= 0.3 is 0 Å². The van der Waals surface area contributed by atoms with Crippen molar-refractivity contribution in [3.8, 4) is 0 Å². The van der Waals surface area contributed by atoms with Gasteiger partial charge in [0.2, 0.25) is 10.0 Å². The highest BCUT2D eigenvalue weighted by atomic mass is 79.9. The van der Waals surface area contributed by atoms with Gasteiger partial charge in [-0.25, -0.2) is 13.1 Å². The third-order valence-electron chi connectivity index (χ3n) is 2.07. The van der Waals surface area contributed by atoms with E-state index >= 15 is 0 Å². The first-order valence-corrected chi connectivity index (χ1v) is 8.85. The Morgan fingerprint density at radius 2 is 1.89 bits per heavy atom. The van der Waals surface area contributed by atoms with Crippen molar-refractivity contribution in [1.29, 1.82) is 0 Å². The molecular formula is C11H19BrN2O2S2. The monoisotopic (exact) mass is 354 g/mol. The molecule has 2 N–H and O–H groups in total. The van der Waals surface area contributed by atoms with E-state index in [1.807, 2.05) is 0 Å². The molecule has 0 aliphatic rings. The number of thiophene rings is 1. The summed E-state index contributed by atoms with van der Waals surface area (Å²) in [5.41, 5.74) is 0. The predicted molar refractivity (Wildman–Crippen MR) is 79.5 cm³/mol. The molecule has 0 saturated carbocycles. The molecule has 0 bridgehead atoms. The van der Waals surface area contributed by atoms with Crippen LogP contribution in [0.1, 0.15) is 32.6 Å². The number of sulfonamides is 1. The molecule has 0 atom stereocenters. The lowest BCUT2D eigenvalue weighted by Gasteiger charge is -2.08. The number of halogens is 1. The standard InChI is InChI=1S/C11H19BrN2O2S2/c1-7(2)13-6-9-5-10(11(12)17-9)18(15,16)14-8(3)4/h5,7-8,13-14H,6H2,1-4H3. The van der Waals surface area contributed by atoms with Gasteiger partial charge in [0, 0.05) is 23.5 Å². The molecule has 1 aromatic heterocycles. The van der Waals surface area contributed by atoms with Crippen LogP contribution in [0, 0.1) is 0 Å². The summed E-state index contributed by atoms with van der Waals surface area (Å²) < 4.78 is 27.4. The van der Waals surface area contributed by atoms with Crippen LogP contribution in [0.25, 0.3) is 0 Å². The van der Waals surface area contributed by atoms with Crippen LogP contribution in [0.2, 0.25) is 0 Å². The quantitative estimate of drug-likeness (QED) is 0.825. The molecule has 0 saturated heterocycles. The molecule has 7 heteroatoms. The second kappa shape index (κ2) is 6.47. The van der Waals surface area contributed by atoms with Crippen LogP contribution in [-0.2, 0) is 16.6 Å². The Morgan fingerprint density at radius 3 is 2.39 bits per heavy atom. The second-order valence-electron chi connectivity index (χ2n) is 4.66. The van der Waals surface area contributed by atoms with Crippen molar-refractivity contribution in [2.45, 2.75) is 51.2 Å². The number of hydrogen-bond donors (Lipinski definition) is 2. The highest BCUT2D eigenvalue weighted by Crippen LogP contribution is 2.31. The van der Waals surface area contributed by atoms with Crippen LogP contribution in [0.3, 0.4) is 0 Å². The fourth-order valence-electron chi connectivity index (χ4n) is 1.35. The van der Waals surface area contributed by atoms with E-state index in [0.29, 0.717) is 21.3 Å². The SMILES string of the molecule is CC(C)NCc1cc(S(=O)(=O)NC(C)C)c(Br)s1. The summed E-state index contributed by atoms with van der Waals surface area (Å²) in [6.07, 6.45) is 0. The van der Waals surface area contributed by atoms with Gasteiger partial charge in [0.15, 0.2) is 0 Å². The Balaban J connectivity index is 2.91. The molecule has 0 fully saturated rings. The summed E-state index contributed by atoms with van der Waals surface area (Å²) in [5.74, 6) is 0. The molecule has 104 valence electrons. The van der Waals surface area contributed by atoms with Gasteiger partial charge in [0.05, 0.1) is 3.79 Å². The fourth-order valence-corrected chi connectivity index (χ4v) is 5.23. The lowest BCUT2D eigenvalue weighted by Crippen LogP contribution is -2.30. The minimum Gasteiger partial charge on any atom is -0.310 e. The highest BCUT2D eigenvalue weighted by Gasteiger charge is 2.21.